The van der Waals surface area contributed by atoms with Crippen molar-refractivity contribution in [3.05, 3.63) is 53.1 Å². The summed E-state index contributed by atoms with van der Waals surface area (Å²) >= 11 is 0. The van der Waals surface area contributed by atoms with E-state index in [9.17, 15) is 24.4 Å². The van der Waals surface area contributed by atoms with E-state index in [1.54, 1.807) is 51.0 Å². The Morgan fingerprint density at radius 1 is 1.21 bits per heavy atom. The van der Waals surface area contributed by atoms with Crippen LogP contribution < -0.4 is 20.6 Å². The number of nitrogens with one attached hydrogen (secondary N) is 2. The van der Waals surface area contributed by atoms with Gasteiger partial charge >= 0.3 is 222 Å². The van der Waals surface area contributed by atoms with Gasteiger partial charge in [0, 0.05) is 0 Å². The van der Waals surface area contributed by atoms with Gasteiger partial charge in [0.05, 0.1) is 0 Å². The Morgan fingerprint density at radius 3 is 2.48 bits per heavy atom. The Morgan fingerprint density at radius 2 is 1.88 bits per heavy atom. The molecular weight excluding hydrogens is 583 g/mol. The molecule has 234 valence electrons. The van der Waals surface area contributed by atoms with Crippen molar-refractivity contribution in [1.29, 1.82) is 0 Å². The molecule has 1 saturated heterocycles. The van der Waals surface area contributed by atoms with Gasteiger partial charge in [-0.25, -0.2) is 0 Å². The number of rotatable bonds is 13. The zero-order valence-corrected chi connectivity index (χ0v) is 24.7. The molecule has 1 aliphatic heterocycles. The molecule has 1 fully saturated rings. The number of carbonyl (C=O) groups excluding carboxylic acids is 2. The van der Waals surface area contributed by atoms with Gasteiger partial charge in [0.15, 0.2) is 0 Å². The first kappa shape index (κ1) is 33.4. The summed E-state index contributed by atoms with van der Waals surface area (Å²) in [6, 6.07) is 7.91. The fourth-order valence-corrected chi connectivity index (χ4v) is 5.56. The van der Waals surface area contributed by atoms with Gasteiger partial charge in [-0.15, -0.1) is 0 Å². The molecule has 0 unspecified atom stereocenters. The van der Waals surface area contributed by atoms with Crippen molar-refractivity contribution in [2.75, 3.05) is 32.6 Å². The molecule has 1 aromatic heterocycles. The standard InChI is InChI=1S/C25H36F2N5O9P/c1-15(2)39-22(35)16(3)30-42(37,41-17-9-7-6-8-10-17)38-14-18-21(34)25(26,27)23(40-18)32-12-11-19(29-24(32)36)28-20(33)13-31(4)5/h6-12,15-16,18,21,23,30,34,37,42H,13-14H2,1-5H3,(H,28,29,33,36)/t16-,18+,21+,23+/m0/s1. The van der Waals surface area contributed by atoms with Crippen LogP contribution >= 0.6 is 8.09 Å². The van der Waals surface area contributed by atoms with E-state index in [0.717, 1.165) is 12.3 Å². The summed E-state index contributed by atoms with van der Waals surface area (Å²) in [5, 5.41) is 15.3. The Hall–Kier alpha value is -3.11. The Balaban J connectivity index is 1.76. The summed E-state index contributed by atoms with van der Waals surface area (Å²) in [5.74, 6) is -5.20. The number of esters is 1. The van der Waals surface area contributed by atoms with E-state index >= 15 is 8.78 Å². The molecular formula is C25H36F2N5O9P. The average Bonchev–Trinajstić information content (AvgIpc) is 3.10. The number of amides is 1. The molecule has 2 heterocycles. The van der Waals surface area contributed by atoms with Gasteiger partial charge in [-0.3, -0.25) is 0 Å². The SMILES string of the molecule is CC(C)OC(=O)[C@H](C)N[PH](O)(OC[C@H]1O[C@@H](n2ccc(NC(=O)CN(C)C)nc2=O)C(F)(F)[C@@H]1O)Oc1ccccc1. The summed E-state index contributed by atoms with van der Waals surface area (Å²) in [4.78, 5) is 53.2. The number of ether oxygens (including phenoxy) is 2. The molecule has 1 aromatic carbocycles. The number of likely N-dealkylation sites (N-methyl/N-ethyl adjacent to an activating group) is 1. The molecule has 14 nitrogen and oxygen atoms in total. The fourth-order valence-electron chi connectivity index (χ4n) is 3.85. The minimum atomic E-state index is -4.57. The van der Waals surface area contributed by atoms with E-state index in [1.807, 2.05) is 0 Å². The van der Waals surface area contributed by atoms with Crippen molar-refractivity contribution >= 4 is 25.8 Å². The predicted molar refractivity (Wildman–Crippen MR) is 148 cm³/mol. The van der Waals surface area contributed by atoms with Crippen LogP contribution in [0.1, 0.15) is 27.0 Å². The number of para-hydroxylation sites is 1. The molecule has 1 aliphatic rings. The van der Waals surface area contributed by atoms with Crippen LogP contribution in [0.2, 0.25) is 0 Å². The van der Waals surface area contributed by atoms with Crippen LogP contribution in [-0.4, -0.2) is 93.9 Å². The third kappa shape index (κ3) is 8.70. The Bertz CT molecular complexity index is 1290. The molecule has 0 bridgehead atoms. The zero-order valence-electron chi connectivity index (χ0n) is 23.7. The van der Waals surface area contributed by atoms with Gasteiger partial charge in [0.25, 0.3) is 0 Å². The van der Waals surface area contributed by atoms with Gasteiger partial charge in [-0.05, 0) is 14.1 Å². The van der Waals surface area contributed by atoms with Crippen LogP contribution in [0.25, 0.3) is 0 Å². The number of aromatic nitrogens is 2. The predicted octanol–water partition coefficient (Wildman–Crippen LogP) is 1.06. The monoisotopic (exact) mass is 619 g/mol. The summed E-state index contributed by atoms with van der Waals surface area (Å²) in [6.07, 6.45) is -6.00. The minimum absolute atomic E-state index is 0.00135. The second-order valence-electron chi connectivity index (χ2n) is 10.1. The van der Waals surface area contributed by atoms with Crippen LogP contribution in [0.5, 0.6) is 5.75 Å². The van der Waals surface area contributed by atoms with Gasteiger partial charge in [-0.1, -0.05) is 0 Å². The molecule has 0 spiro atoms. The molecule has 0 radical (unpaired) electrons. The fraction of sp³-hybridized carbons (Fsp3) is 0.520. The molecule has 4 atom stereocenters. The number of aliphatic hydroxyl groups is 1. The van der Waals surface area contributed by atoms with Gasteiger partial charge < -0.3 is 4.90 Å². The van der Waals surface area contributed by atoms with Crippen molar-refractivity contribution in [1.82, 2.24) is 19.5 Å². The van der Waals surface area contributed by atoms with Gasteiger partial charge in [-0.2, -0.15) is 0 Å². The Kier molecular flexibility index (Phi) is 11.1. The summed E-state index contributed by atoms with van der Waals surface area (Å²) in [6.45, 7) is 3.84. The number of halogens is 2. The molecule has 42 heavy (non-hydrogen) atoms. The van der Waals surface area contributed by atoms with Crippen molar-refractivity contribution < 1.29 is 46.9 Å². The third-order valence-electron chi connectivity index (χ3n) is 5.74. The number of anilines is 1. The quantitative estimate of drug-likeness (QED) is 0.186. The normalized spacial score (nSPS) is 21.3. The maximum absolute atomic E-state index is 15.1. The number of hydrogen-bond acceptors (Lipinski definition) is 12. The summed E-state index contributed by atoms with van der Waals surface area (Å²) < 4.78 is 52.3. The number of benzene rings is 1. The van der Waals surface area contributed by atoms with E-state index in [4.69, 9.17) is 18.5 Å². The van der Waals surface area contributed by atoms with Crippen LogP contribution in [-0.2, 0) is 23.6 Å². The van der Waals surface area contributed by atoms with Gasteiger partial charge in [0.2, 0.25) is 0 Å². The van der Waals surface area contributed by atoms with Crippen molar-refractivity contribution in [3.63, 3.8) is 0 Å². The molecule has 3 rings (SSSR count). The average molecular weight is 620 g/mol. The second kappa shape index (κ2) is 13.9. The topological polar surface area (TPSA) is 174 Å². The number of hydrogen-bond donors (Lipinski definition) is 4. The van der Waals surface area contributed by atoms with Crippen molar-refractivity contribution in [2.24, 2.45) is 0 Å². The van der Waals surface area contributed by atoms with Gasteiger partial charge in [0.1, 0.15) is 0 Å². The molecule has 1 amide bonds. The molecule has 17 heteroatoms. The molecule has 0 aliphatic carbocycles. The van der Waals surface area contributed by atoms with Crippen LogP contribution in [0, 0.1) is 0 Å². The van der Waals surface area contributed by atoms with Crippen LogP contribution in [0.3, 0.4) is 0 Å². The third-order valence-corrected chi connectivity index (χ3v) is 7.60. The number of aliphatic hydroxyl groups excluding tert-OH is 1. The first-order valence-electron chi connectivity index (χ1n) is 12.9. The maximum atomic E-state index is 15.1. The van der Waals surface area contributed by atoms with E-state index in [1.165, 1.54) is 19.1 Å². The number of nitrogens with zero attached hydrogens (tertiary/aromatic N) is 3. The summed E-state index contributed by atoms with van der Waals surface area (Å²) in [7, 11) is -1.25. The number of carbonyl (C=O) groups is 2. The summed E-state index contributed by atoms with van der Waals surface area (Å²) in [5.41, 5.74) is -1.17. The molecule has 4 N–H and O–H groups in total. The van der Waals surface area contributed by atoms with E-state index < -0.39 is 68.8 Å². The zero-order chi connectivity index (χ0) is 31.2. The van der Waals surface area contributed by atoms with E-state index in [0.29, 0.717) is 4.57 Å². The van der Waals surface area contributed by atoms with Crippen LogP contribution in [0.4, 0.5) is 14.6 Å². The van der Waals surface area contributed by atoms with Crippen LogP contribution in [0.15, 0.2) is 47.4 Å². The van der Waals surface area contributed by atoms with Crippen molar-refractivity contribution in [3.8, 4) is 5.75 Å². The van der Waals surface area contributed by atoms with Crippen molar-refractivity contribution in [2.45, 2.75) is 57.3 Å². The van der Waals surface area contributed by atoms with E-state index in [2.05, 4.69) is 15.4 Å². The molecule has 0 saturated carbocycles. The first-order valence-corrected chi connectivity index (χ1v) is 14.7. The molecule has 2 aromatic rings. The number of alkyl halides is 2. The first-order chi connectivity index (χ1) is 19.6. The van der Waals surface area contributed by atoms with E-state index in [-0.39, 0.29) is 18.1 Å². The Labute approximate surface area is 241 Å². The second-order valence-corrected chi connectivity index (χ2v) is 12.0.